The Morgan fingerprint density at radius 1 is 1.00 bits per heavy atom. The van der Waals surface area contributed by atoms with E-state index < -0.39 is 0 Å². The van der Waals surface area contributed by atoms with Crippen LogP contribution in [-0.4, -0.2) is 12.0 Å². The van der Waals surface area contributed by atoms with Crippen molar-refractivity contribution in [1.82, 2.24) is 0 Å². The molecule has 0 radical (unpaired) electrons. The van der Waals surface area contributed by atoms with Gasteiger partial charge in [-0.25, -0.2) is 0 Å². The van der Waals surface area contributed by atoms with Gasteiger partial charge in [0.15, 0.2) is 0 Å². The second-order valence-electron chi connectivity index (χ2n) is 3.58. The molecule has 0 aliphatic carbocycles. The number of hydrogen-bond donors (Lipinski definition) is 2. The molecule has 3 nitrogen and oxygen atoms in total. The number of carbonyl (C=O) groups is 1. The van der Waals surface area contributed by atoms with E-state index in [0.717, 1.165) is 17.6 Å². The number of hydrogen-bond acceptors (Lipinski definition) is 3. The molecule has 84 valence electrons. The molecule has 0 unspecified atom stereocenters. The van der Waals surface area contributed by atoms with Gasteiger partial charge in [-0.15, -0.1) is 0 Å². The van der Waals surface area contributed by atoms with Crippen LogP contribution in [-0.2, 0) is 0 Å². The minimum atomic E-state index is -0.290. The molecule has 0 saturated carbocycles. The summed E-state index contributed by atoms with van der Waals surface area (Å²) in [6.07, 6.45) is 0.821. The Morgan fingerprint density at radius 2 is 1.71 bits per heavy atom. The van der Waals surface area contributed by atoms with Crippen molar-refractivity contribution < 1.29 is 4.79 Å². The maximum Gasteiger partial charge on any atom is 0.203 e. The highest BCUT2D eigenvalue weighted by Gasteiger charge is 2.02. The zero-order valence-electron chi connectivity index (χ0n) is 9.18. The van der Waals surface area contributed by atoms with Crippen LogP contribution in [0, 0.1) is 5.41 Å². The molecule has 0 heterocycles. The number of carbonyl (C=O) groups excluding carboxylic acids is 1. The lowest BCUT2D eigenvalue weighted by molar-refractivity contribution is 0.107. The van der Waals surface area contributed by atoms with Crippen LogP contribution in [0.3, 0.4) is 0 Å². The van der Waals surface area contributed by atoms with E-state index in [-0.39, 0.29) is 5.78 Å². The van der Waals surface area contributed by atoms with Crippen LogP contribution in [0.15, 0.2) is 54.6 Å². The molecule has 2 rings (SSSR count). The van der Waals surface area contributed by atoms with Gasteiger partial charge in [-0.05, 0) is 24.3 Å². The molecule has 0 spiro atoms. The first-order chi connectivity index (χ1) is 8.29. The van der Waals surface area contributed by atoms with Crippen molar-refractivity contribution in [2.45, 2.75) is 0 Å². The smallest absolute Gasteiger partial charge is 0.203 e. The van der Waals surface area contributed by atoms with Gasteiger partial charge >= 0.3 is 0 Å². The number of nitrogens with one attached hydrogen (secondary N) is 2. The third kappa shape index (κ3) is 2.78. The van der Waals surface area contributed by atoms with E-state index in [1.165, 1.54) is 0 Å². The summed E-state index contributed by atoms with van der Waals surface area (Å²) < 4.78 is 0. The predicted octanol–water partition coefficient (Wildman–Crippen LogP) is 3.26. The van der Waals surface area contributed by atoms with Gasteiger partial charge in [-0.1, -0.05) is 30.3 Å². The highest BCUT2D eigenvalue weighted by Crippen LogP contribution is 2.17. The summed E-state index contributed by atoms with van der Waals surface area (Å²) >= 11 is 0. The van der Waals surface area contributed by atoms with Crippen LogP contribution < -0.4 is 5.32 Å². The molecule has 0 atom stereocenters. The molecular weight excluding hydrogens is 212 g/mol. The summed E-state index contributed by atoms with van der Waals surface area (Å²) in [5, 5.41) is 10.1. The molecule has 0 aliphatic heterocycles. The average Bonchev–Trinajstić information content (AvgIpc) is 2.39. The summed E-state index contributed by atoms with van der Waals surface area (Å²) in [6, 6.07) is 16.8. The summed E-state index contributed by atoms with van der Waals surface area (Å²) in [5.74, 6) is -0.290. The number of benzene rings is 2. The molecule has 2 aromatic carbocycles. The predicted molar refractivity (Wildman–Crippen MR) is 69.3 cm³/mol. The third-order valence-electron chi connectivity index (χ3n) is 2.34. The van der Waals surface area contributed by atoms with E-state index in [9.17, 15) is 4.79 Å². The van der Waals surface area contributed by atoms with Crippen molar-refractivity contribution >= 4 is 23.4 Å². The van der Waals surface area contributed by atoms with Crippen molar-refractivity contribution in [2.24, 2.45) is 0 Å². The molecule has 0 saturated heterocycles. The van der Waals surface area contributed by atoms with Crippen molar-refractivity contribution in [3.05, 3.63) is 60.2 Å². The van der Waals surface area contributed by atoms with Crippen LogP contribution in [0.4, 0.5) is 11.4 Å². The monoisotopic (exact) mass is 224 g/mol. The average molecular weight is 224 g/mol. The van der Waals surface area contributed by atoms with Crippen LogP contribution in [0.1, 0.15) is 10.4 Å². The van der Waals surface area contributed by atoms with Crippen molar-refractivity contribution in [3.8, 4) is 0 Å². The molecular formula is C14H12N2O. The second-order valence-corrected chi connectivity index (χ2v) is 3.58. The fraction of sp³-hybridized carbons (Fsp3) is 0. The maximum absolute atomic E-state index is 11.3. The summed E-state index contributed by atoms with van der Waals surface area (Å²) in [7, 11) is 0. The van der Waals surface area contributed by atoms with Crippen molar-refractivity contribution in [1.29, 1.82) is 5.41 Å². The molecule has 2 N–H and O–H groups in total. The van der Waals surface area contributed by atoms with Gasteiger partial charge in [-0.2, -0.15) is 0 Å². The van der Waals surface area contributed by atoms with Crippen molar-refractivity contribution in [3.63, 3.8) is 0 Å². The minimum absolute atomic E-state index is 0.290. The normalized spacial score (nSPS) is 9.65. The number of Topliss-reactive ketones (excluding diaryl/α,β-unsaturated/α-hetero) is 1. The third-order valence-corrected chi connectivity index (χ3v) is 2.34. The minimum Gasteiger partial charge on any atom is -0.356 e. The Balaban J connectivity index is 2.22. The van der Waals surface area contributed by atoms with Gasteiger partial charge < -0.3 is 10.7 Å². The first-order valence-electron chi connectivity index (χ1n) is 5.26. The van der Waals surface area contributed by atoms with E-state index >= 15 is 0 Å². The molecule has 0 amide bonds. The molecule has 0 aliphatic rings. The standard InChI is InChI=1S/C14H12N2O/c15-10-14(17)11-5-4-8-13(9-11)16-12-6-2-1-3-7-12/h1-10,15-16H. The molecule has 0 aromatic heterocycles. The number of para-hydroxylation sites is 1. The van der Waals surface area contributed by atoms with Gasteiger partial charge in [0.25, 0.3) is 0 Å². The van der Waals surface area contributed by atoms with Gasteiger partial charge in [0.1, 0.15) is 0 Å². The largest absolute Gasteiger partial charge is 0.356 e. The first kappa shape index (κ1) is 11.1. The maximum atomic E-state index is 11.3. The summed E-state index contributed by atoms with van der Waals surface area (Å²) in [5.41, 5.74) is 2.32. The Labute approximate surface area is 99.6 Å². The van der Waals surface area contributed by atoms with Crippen LogP contribution in [0.2, 0.25) is 0 Å². The highest BCUT2D eigenvalue weighted by molar-refractivity contribution is 6.34. The highest BCUT2D eigenvalue weighted by atomic mass is 16.1. The van der Waals surface area contributed by atoms with Gasteiger partial charge in [0.05, 0.1) is 6.21 Å². The number of ketones is 1. The lowest BCUT2D eigenvalue weighted by Gasteiger charge is -2.06. The molecule has 0 bridgehead atoms. The Kier molecular flexibility index (Phi) is 3.31. The van der Waals surface area contributed by atoms with Crippen LogP contribution in [0.5, 0.6) is 0 Å². The topological polar surface area (TPSA) is 53.0 Å². The zero-order chi connectivity index (χ0) is 12.1. The molecule has 3 heteroatoms. The lowest BCUT2D eigenvalue weighted by atomic mass is 10.1. The van der Waals surface area contributed by atoms with Gasteiger partial charge in [0.2, 0.25) is 5.78 Å². The lowest BCUT2D eigenvalue weighted by Crippen LogP contribution is -2.00. The molecule has 17 heavy (non-hydrogen) atoms. The van der Waals surface area contributed by atoms with Crippen LogP contribution in [0.25, 0.3) is 0 Å². The molecule has 2 aromatic rings. The first-order valence-corrected chi connectivity index (χ1v) is 5.26. The Morgan fingerprint density at radius 3 is 2.41 bits per heavy atom. The van der Waals surface area contributed by atoms with E-state index in [1.54, 1.807) is 18.2 Å². The quantitative estimate of drug-likeness (QED) is 0.618. The fourth-order valence-electron chi connectivity index (χ4n) is 1.52. The fourth-order valence-corrected chi connectivity index (χ4v) is 1.52. The van der Waals surface area contributed by atoms with E-state index in [4.69, 9.17) is 5.41 Å². The summed E-state index contributed by atoms with van der Waals surface area (Å²) in [4.78, 5) is 11.3. The van der Waals surface area contributed by atoms with Crippen molar-refractivity contribution in [2.75, 3.05) is 5.32 Å². The van der Waals surface area contributed by atoms with E-state index in [1.807, 2.05) is 36.4 Å². The van der Waals surface area contributed by atoms with E-state index in [2.05, 4.69) is 5.32 Å². The molecule has 0 fully saturated rings. The zero-order valence-corrected chi connectivity index (χ0v) is 9.18. The number of anilines is 2. The SMILES string of the molecule is N=CC(=O)c1cccc(Nc2ccccc2)c1. The van der Waals surface area contributed by atoms with Gasteiger partial charge in [-0.3, -0.25) is 4.79 Å². The summed E-state index contributed by atoms with van der Waals surface area (Å²) in [6.45, 7) is 0. The second kappa shape index (κ2) is 5.07. The van der Waals surface area contributed by atoms with E-state index in [0.29, 0.717) is 5.56 Å². The Hall–Kier alpha value is -2.42. The van der Waals surface area contributed by atoms with Gasteiger partial charge in [0, 0.05) is 16.9 Å². The Bertz CT molecular complexity index is 535. The number of rotatable bonds is 4. The van der Waals surface area contributed by atoms with Crippen LogP contribution >= 0.6 is 0 Å².